The Labute approximate surface area is 258 Å². The van der Waals surface area contributed by atoms with Crippen LogP contribution >= 0.6 is 11.3 Å². The Bertz CT molecular complexity index is 1890. The highest BCUT2D eigenvalue weighted by molar-refractivity contribution is 7.07. The van der Waals surface area contributed by atoms with Crippen molar-refractivity contribution in [2.75, 3.05) is 42.2 Å². The molecular weight excluding hydrogens is 584 g/mol. The SMILES string of the molecule is CCOC(=O)C1=C(c2ccccc2)N=c2s/c(=C\c3cc(OC)c(OC)c(OC)c3)c(=O)n2[C@H]1c1ccc(OC)c(OC)c1. The number of carbonyl (C=O) groups is 1. The van der Waals surface area contributed by atoms with Gasteiger partial charge < -0.3 is 28.4 Å². The molecular formula is C33H32N2O8S. The minimum absolute atomic E-state index is 0.147. The van der Waals surface area contributed by atoms with Crippen LogP contribution in [0.3, 0.4) is 0 Å². The molecule has 0 unspecified atom stereocenters. The maximum absolute atomic E-state index is 14.2. The van der Waals surface area contributed by atoms with Gasteiger partial charge >= 0.3 is 5.97 Å². The van der Waals surface area contributed by atoms with E-state index in [0.717, 1.165) is 0 Å². The summed E-state index contributed by atoms with van der Waals surface area (Å²) in [6.07, 6.45) is 1.73. The molecule has 0 saturated heterocycles. The fraction of sp³-hybridized carbons (Fsp3) is 0.242. The van der Waals surface area contributed by atoms with E-state index in [1.54, 1.807) is 50.4 Å². The average molecular weight is 617 g/mol. The molecule has 0 saturated carbocycles. The number of rotatable bonds is 10. The van der Waals surface area contributed by atoms with Gasteiger partial charge in [0, 0.05) is 5.56 Å². The standard InChI is InChI=1S/C33H32N2O8S/c1-7-43-32(37)27-28(20-11-9-8-10-12-20)34-33-35(29(27)21-13-14-22(38-2)23(18-21)39-3)31(36)26(44-33)17-19-15-24(40-4)30(42-6)25(16-19)41-5/h8-18,29H,7H2,1-6H3/b26-17-/t29-/m0/s1. The summed E-state index contributed by atoms with van der Waals surface area (Å²) in [6, 6.07) is 17.3. The van der Waals surface area contributed by atoms with Gasteiger partial charge in [-0.25, -0.2) is 9.79 Å². The summed E-state index contributed by atoms with van der Waals surface area (Å²) in [6.45, 7) is 1.88. The summed E-state index contributed by atoms with van der Waals surface area (Å²) in [4.78, 5) is 33.3. The Morgan fingerprint density at radius 3 is 2.11 bits per heavy atom. The maximum Gasteiger partial charge on any atom is 0.338 e. The van der Waals surface area contributed by atoms with Crippen LogP contribution in [0, 0.1) is 0 Å². The van der Waals surface area contributed by atoms with Crippen molar-refractivity contribution in [3.8, 4) is 28.7 Å². The van der Waals surface area contributed by atoms with Crippen LogP contribution in [-0.4, -0.2) is 52.7 Å². The number of fused-ring (bicyclic) bond motifs is 1. The lowest BCUT2D eigenvalue weighted by molar-refractivity contribution is -0.138. The van der Waals surface area contributed by atoms with Crippen LogP contribution in [0.2, 0.25) is 0 Å². The summed E-state index contributed by atoms with van der Waals surface area (Å²) in [5, 5.41) is 0. The van der Waals surface area contributed by atoms with E-state index >= 15 is 0 Å². The van der Waals surface area contributed by atoms with Gasteiger partial charge in [0.25, 0.3) is 5.56 Å². The molecule has 228 valence electrons. The third-order valence-corrected chi connectivity index (χ3v) is 8.06. The van der Waals surface area contributed by atoms with Crippen molar-refractivity contribution in [3.05, 3.63) is 103 Å². The highest BCUT2D eigenvalue weighted by atomic mass is 32.1. The van der Waals surface area contributed by atoms with Gasteiger partial charge in [-0.2, -0.15) is 0 Å². The first-order valence-electron chi connectivity index (χ1n) is 13.7. The second-order valence-corrected chi connectivity index (χ2v) is 10.5. The first kappa shape index (κ1) is 30.4. The highest BCUT2D eigenvalue weighted by Crippen LogP contribution is 2.40. The quantitative estimate of drug-likeness (QED) is 0.247. The van der Waals surface area contributed by atoms with Crippen molar-refractivity contribution >= 4 is 29.1 Å². The zero-order valence-electron chi connectivity index (χ0n) is 25.2. The van der Waals surface area contributed by atoms with Gasteiger partial charge in [0.1, 0.15) is 0 Å². The molecule has 10 nitrogen and oxygen atoms in total. The van der Waals surface area contributed by atoms with Crippen LogP contribution in [0.4, 0.5) is 0 Å². The van der Waals surface area contributed by atoms with E-state index in [9.17, 15) is 9.59 Å². The van der Waals surface area contributed by atoms with Crippen molar-refractivity contribution in [1.29, 1.82) is 0 Å². The molecule has 2 heterocycles. The number of nitrogens with zero attached hydrogens (tertiary/aromatic N) is 2. The van der Waals surface area contributed by atoms with Gasteiger partial charge in [-0.05, 0) is 48.4 Å². The zero-order valence-corrected chi connectivity index (χ0v) is 26.0. The van der Waals surface area contributed by atoms with Crippen molar-refractivity contribution in [2.45, 2.75) is 13.0 Å². The summed E-state index contributed by atoms with van der Waals surface area (Å²) >= 11 is 1.21. The number of hydrogen-bond donors (Lipinski definition) is 0. The largest absolute Gasteiger partial charge is 0.493 e. The normalized spacial score (nSPS) is 14.4. The monoisotopic (exact) mass is 616 g/mol. The Kier molecular flexibility index (Phi) is 9.05. The minimum Gasteiger partial charge on any atom is -0.493 e. The summed E-state index contributed by atoms with van der Waals surface area (Å²) < 4.78 is 35.0. The second kappa shape index (κ2) is 13.1. The van der Waals surface area contributed by atoms with E-state index in [1.165, 1.54) is 44.3 Å². The van der Waals surface area contributed by atoms with E-state index in [4.69, 9.17) is 33.4 Å². The molecule has 1 aliphatic rings. The number of ether oxygens (including phenoxy) is 6. The van der Waals surface area contributed by atoms with Crippen LogP contribution < -0.4 is 38.6 Å². The predicted octanol–water partition coefficient (Wildman–Crippen LogP) is 3.98. The third kappa shape index (κ3) is 5.53. The van der Waals surface area contributed by atoms with Crippen LogP contribution in [0.5, 0.6) is 28.7 Å². The predicted molar refractivity (Wildman–Crippen MR) is 167 cm³/mol. The van der Waals surface area contributed by atoms with Crippen LogP contribution in [0.25, 0.3) is 11.8 Å². The second-order valence-electron chi connectivity index (χ2n) is 9.50. The first-order valence-corrected chi connectivity index (χ1v) is 14.5. The molecule has 3 aromatic carbocycles. The number of hydrogen-bond acceptors (Lipinski definition) is 10. The summed E-state index contributed by atoms with van der Waals surface area (Å²) in [5.41, 5.74) is 2.30. The van der Waals surface area contributed by atoms with Crippen LogP contribution in [0.1, 0.15) is 29.7 Å². The topological polar surface area (TPSA) is 107 Å². The molecule has 0 radical (unpaired) electrons. The molecule has 1 atom stereocenters. The Hall–Kier alpha value is -5.03. The molecule has 1 aromatic heterocycles. The number of esters is 1. The van der Waals surface area contributed by atoms with Crippen LogP contribution in [-0.2, 0) is 9.53 Å². The van der Waals surface area contributed by atoms with E-state index in [2.05, 4.69) is 0 Å². The van der Waals surface area contributed by atoms with Crippen LogP contribution in [0.15, 0.2) is 76.0 Å². The molecule has 11 heteroatoms. The molecule has 0 bridgehead atoms. The number of thiazole rings is 1. The van der Waals surface area contributed by atoms with Crippen molar-refractivity contribution < 1.29 is 33.2 Å². The summed E-state index contributed by atoms with van der Waals surface area (Å²) in [5.74, 6) is 1.72. The van der Waals surface area contributed by atoms with Crippen molar-refractivity contribution in [3.63, 3.8) is 0 Å². The number of aromatic nitrogens is 1. The smallest absolute Gasteiger partial charge is 0.338 e. The lowest BCUT2D eigenvalue weighted by Gasteiger charge is -2.26. The van der Waals surface area contributed by atoms with Crippen molar-refractivity contribution in [2.24, 2.45) is 4.99 Å². The molecule has 0 amide bonds. The Balaban J connectivity index is 1.83. The van der Waals surface area contributed by atoms with Gasteiger partial charge in [0.15, 0.2) is 27.8 Å². The average Bonchev–Trinajstić information content (AvgIpc) is 3.37. The fourth-order valence-electron chi connectivity index (χ4n) is 5.11. The number of benzene rings is 3. The maximum atomic E-state index is 14.2. The lowest BCUT2D eigenvalue weighted by Crippen LogP contribution is -2.40. The van der Waals surface area contributed by atoms with Gasteiger partial charge in [-0.3, -0.25) is 9.36 Å². The fourth-order valence-corrected chi connectivity index (χ4v) is 6.12. The zero-order chi connectivity index (χ0) is 31.4. The minimum atomic E-state index is -0.873. The van der Waals surface area contributed by atoms with E-state index in [-0.39, 0.29) is 17.7 Å². The van der Waals surface area contributed by atoms with Crippen molar-refractivity contribution in [1.82, 2.24) is 4.57 Å². The molecule has 0 N–H and O–H groups in total. The van der Waals surface area contributed by atoms with Gasteiger partial charge in [0.05, 0.1) is 64.0 Å². The number of carbonyl (C=O) groups excluding carboxylic acids is 1. The van der Waals surface area contributed by atoms with E-state index in [1.807, 2.05) is 30.3 Å². The molecule has 4 aromatic rings. The number of methoxy groups -OCH3 is 5. The highest BCUT2D eigenvalue weighted by Gasteiger charge is 2.35. The van der Waals surface area contributed by atoms with Gasteiger partial charge in [-0.15, -0.1) is 0 Å². The lowest BCUT2D eigenvalue weighted by atomic mass is 9.93. The first-order chi connectivity index (χ1) is 21.4. The summed E-state index contributed by atoms with van der Waals surface area (Å²) in [7, 11) is 7.65. The molecule has 5 rings (SSSR count). The third-order valence-electron chi connectivity index (χ3n) is 7.08. The van der Waals surface area contributed by atoms with E-state index < -0.39 is 12.0 Å². The Morgan fingerprint density at radius 1 is 0.864 bits per heavy atom. The Morgan fingerprint density at radius 2 is 1.52 bits per heavy atom. The molecule has 1 aliphatic heterocycles. The molecule has 44 heavy (non-hydrogen) atoms. The molecule has 0 aliphatic carbocycles. The molecule has 0 fully saturated rings. The van der Waals surface area contributed by atoms with E-state index in [0.29, 0.717) is 60.5 Å². The van der Waals surface area contributed by atoms with Gasteiger partial charge in [0.2, 0.25) is 5.75 Å². The molecule has 0 spiro atoms. The van der Waals surface area contributed by atoms with Gasteiger partial charge in [-0.1, -0.05) is 47.7 Å².